The Hall–Kier alpha value is -2.21. The number of hydrogen-bond acceptors (Lipinski definition) is 4. The number of likely N-dealkylation sites (tertiary alicyclic amines) is 1. The van der Waals surface area contributed by atoms with Crippen LogP contribution in [-0.2, 0) is 9.59 Å². The van der Waals surface area contributed by atoms with Crippen molar-refractivity contribution < 1.29 is 18.9 Å². The molecule has 2 amide bonds. The van der Waals surface area contributed by atoms with Crippen LogP contribution >= 0.6 is 0 Å². The predicted molar refractivity (Wildman–Crippen MR) is 78.2 cm³/mol. The van der Waals surface area contributed by atoms with E-state index >= 15 is 0 Å². The van der Waals surface area contributed by atoms with Crippen LogP contribution in [0.15, 0.2) is 28.7 Å². The van der Waals surface area contributed by atoms with Crippen LogP contribution in [0.25, 0.3) is 11.1 Å². The molecule has 2 fully saturated rings. The molecule has 0 aliphatic carbocycles. The van der Waals surface area contributed by atoms with Crippen molar-refractivity contribution in [2.45, 2.75) is 31.2 Å². The number of oxazole rings is 1. The van der Waals surface area contributed by atoms with Crippen molar-refractivity contribution in [3.05, 3.63) is 30.2 Å². The summed E-state index contributed by atoms with van der Waals surface area (Å²) in [4.78, 5) is 28.9. The van der Waals surface area contributed by atoms with Crippen LogP contribution in [0, 0.1) is 0 Å². The number of rotatable bonds is 2. The van der Waals surface area contributed by atoms with Gasteiger partial charge in [0.15, 0.2) is 17.5 Å². The zero-order chi connectivity index (χ0) is 15.1. The van der Waals surface area contributed by atoms with E-state index < -0.39 is 0 Å². The molecule has 1 atom stereocenters. The molecule has 3 heterocycles. The topological polar surface area (TPSA) is 76.6 Å². The Morgan fingerprint density at radius 1 is 1.18 bits per heavy atom. The molecule has 22 heavy (non-hydrogen) atoms. The van der Waals surface area contributed by atoms with E-state index in [1.165, 1.54) is 4.90 Å². The van der Waals surface area contributed by atoms with Gasteiger partial charge in [-0.3, -0.25) is 14.9 Å². The van der Waals surface area contributed by atoms with Gasteiger partial charge in [-0.1, -0.05) is 12.1 Å². The Morgan fingerprint density at radius 2 is 1.95 bits per heavy atom. The standard InChI is InChI=1S/C16H17N3O3/c20-14-9-12(15(21)18-14)19-7-5-10(6-8-19)16-17-11-3-1-2-4-13(11)22-16/h1-4,10,12H,5-9H2,(H,18,20,21)/p+1/t12-/m1/s1. The van der Waals surface area contributed by atoms with Crippen LogP contribution in [-0.4, -0.2) is 35.9 Å². The molecule has 2 saturated heterocycles. The third-order valence-electron chi connectivity index (χ3n) is 4.75. The third-order valence-corrected chi connectivity index (χ3v) is 4.75. The largest absolute Gasteiger partial charge is 0.440 e. The fourth-order valence-electron chi connectivity index (χ4n) is 3.53. The van der Waals surface area contributed by atoms with E-state index in [9.17, 15) is 9.59 Å². The molecule has 6 nitrogen and oxygen atoms in total. The first-order valence-corrected chi connectivity index (χ1v) is 7.74. The van der Waals surface area contributed by atoms with Gasteiger partial charge in [-0.15, -0.1) is 0 Å². The lowest BCUT2D eigenvalue weighted by molar-refractivity contribution is -0.920. The summed E-state index contributed by atoms with van der Waals surface area (Å²) in [6, 6.07) is 7.58. The summed E-state index contributed by atoms with van der Waals surface area (Å²) >= 11 is 0. The second-order valence-corrected chi connectivity index (χ2v) is 6.12. The molecule has 2 aromatic rings. The normalized spacial score (nSPS) is 29.0. The molecular weight excluding hydrogens is 282 g/mol. The number of imide groups is 1. The summed E-state index contributed by atoms with van der Waals surface area (Å²) in [5, 5.41) is 2.40. The fourth-order valence-corrected chi connectivity index (χ4v) is 3.53. The molecule has 1 aromatic heterocycles. The first kappa shape index (κ1) is 13.5. The molecule has 0 unspecified atom stereocenters. The van der Waals surface area contributed by atoms with E-state index in [0.717, 1.165) is 42.9 Å². The lowest BCUT2D eigenvalue weighted by Crippen LogP contribution is -3.17. The molecule has 2 aliphatic rings. The number of carbonyl (C=O) groups excluding carboxylic acids is 2. The average molecular weight is 300 g/mol. The molecule has 6 heteroatoms. The SMILES string of the molecule is O=C1C[C@@H]([NH+]2CCC(c3nc4ccccc4o3)CC2)C(=O)N1. The molecule has 0 spiro atoms. The van der Waals surface area contributed by atoms with Gasteiger partial charge in [0.05, 0.1) is 19.5 Å². The summed E-state index contributed by atoms with van der Waals surface area (Å²) in [7, 11) is 0. The van der Waals surface area contributed by atoms with Crippen LogP contribution < -0.4 is 10.2 Å². The van der Waals surface area contributed by atoms with Crippen LogP contribution in [0.3, 0.4) is 0 Å². The maximum atomic E-state index is 11.8. The van der Waals surface area contributed by atoms with Gasteiger partial charge in [0.1, 0.15) is 5.52 Å². The van der Waals surface area contributed by atoms with E-state index in [0.29, 0.717) is 12.3 Å². The van der Waals surface area contributed by atoms with E-state index in [1.807, 2.05) is 24.3 Å². The fraction of sp³-hybridized carbons (Fsp3) is 0.438. The Bertz CT molecular complexity index is 698. The van der Waals surface area contributed by atoms with Crippen molar-refractivity contribution in [3.63, 3.8) is 0 Å². The quantitative estimate of drug-likeness (QED) is 0.766. The number of benzene rings is 1. The molecule has 4 rings (SSSR count). The molecule has 0 bridgehead atoms. The smallest absolute Gasteiger partial charge is 0.285 e. The second kappa shape index (κ2) is 5.21. The highest BCUT2D eigenvalue weighted by atomic mass is 16.3. The number of hydrogen-bond donors (Lipinski definition) is 2. The van der Waals surface area contributed by atoms with Gasteiger partial charge in [0.25, 0.3) is 5.91 Å². The van der Waals surface area contributed by atoms with Crippen molar-refractivity contribution in [2.75, 3.05) is 13.1 Å². The molecule has 2 N–H and O–H groups in total. The van der Waals surface area contributed by atoms with Gasteiger partial charge in [-0.25, -0.2) is 4.98 Å². The first-order chi connectivity index (χ1) is 10.7. The molecular formula is C16H18N3O3+. The number of carbonyl (C=O) groups is 2. The van der Waals surface area contributed by atoms with Crippen LogP contribution in [0.1, 0.15) is 31.1 Å². The molecule has 2 aliphatic heterocycles. The molecule has 0 saturated carbocycles. The highest BCUT2D eigenvalue weighted by Crippen LogP contribution is 2.27. The van der Waals surface area contributed by atoms with Crippen molar-refractivity contribution in [1.29, 1.82) is 0 Å². The number of fused-ring (bicyclic) bond motifs is 1. The minimum atomic E-state index is -0.211. The summed E-state index contributed by atoms with van der Waals surface area (Å²) in [5.41, 5.74) is 1.72. The van der Waals surface area contributed by atoms with Crippen molar-refractivity contribution >= 4 is 22.9 Å². The minimum Gasteiger partial charge on any atom is -0.440 e. The Balaban J connectivity index is 1.45. The van der Waals surface area contributed by atoms with Gasteiger partial charge < -0.3 is 9.32 Å². The summed E-state index contributed by atoms with van der Waals surface area (Å²) in [5.74, 6) is 0.826. The Kier molecular flexibility index (Phi) is 3.18. The highest BCUT2D eigenvalue weighted by molar-refractivity contribution is 6.04. The summed E-state index contributed by atoms with van der Waals surface area (Å²) in [6.45, 7) is 1.74. The number of nitrogens with one attached hydrogen (secondary N) is 2. The summed E-state index contributed by atoms with van der Waals surface area (Å²) in [6.07, 6.45) is 2.18. The second-order valence-electron chi connectivity index (χ2n) is 6.12. The molecule has 0 radical (unpaired) electrons. The maximum Gasteiger partial charge on any atom is 0.285 e. The molecule has 114 valence electrons. The lowest BCUT2D eigenvalue weighted by Gasteiger charge is -2.30. The zero-order valence-electron chi connectivity index (χ0n) is 12.2. The van der Waals surface area contributed by atoms with Crippen LogP contribution in [0.2, 0.25) is 0 Å². The van der Waals surface area contributed by atoms with E-state index in [4.69, 9.17) is 4.42 Å². The van der Waals surface area contributed by atoms with Gasteiger partial charge in [0.2, 0.25) is 5.91 Å². The third kappa shape index (κ3) is 2.29. The number of quaternary nitrogens is 1. The monoisotopic (exact) mass is 300 g/mol. The van der Waals surface area contributed by atoms with E-state index in [-0.39, 0.29) is 17.9 Å². The van der Waals surface area contributed by atoms with E-state index in [2.05, 4.69) is 10.3 Å². The number of amides is 2. The highest BCUT2D eigenvalue weighted by Gasteiger charge is 2.41. The number of aromatic nitrogens is 1. The number of piperidine rings is 1. The van der Waals surface area contributed by atoms with Gasteiger partial charge in [-0.05, 0) is 12.1 Å². The van der Waals surface area contributed by atoms with Gasteiger partial charge in [0, 0.05) is 18.8 Å². The van der Waals surface area contributed by atoms with Crippen LogP contribution in [0.4, 0.5) is 0 Å². The van der Waals surface area contributed by atoms with Crippen molar-refractivity contribution in [2.24, 2.45) is 0 Å². The van der Waals surface area contributed by atoms with Gasteiger partial charge in [-0.2, -0.15) is 0 Å². The minimum absolute atomic E-state index is 0.125. The van der Waals surface area contributed by atoms with Crippen molar-refractivity contribution in [1.82, 2.24) is 10.3 Å². The number of nitrogens with zero attached hydrogens (tertiary/aromatic N) is 1. The maximum absolute atomic E-state index is 11.8. The summed E-state index contributed by atoms with van der Waals surface area (Å²) < 4.78 is 5.85. The van der Waals surface area contributed by atoms with Gasteiger partial charge >= 0.3 is 0 Å². The Morgan fingerprint density at radius 3 is 2.64 bits per heavy atom. The number of para-hydroxylation sites is 2. The first-order valence-electron chi connectivity index (χ1n) is 7.74. The lowest BCUT2D eigenvalue weighted by atomic mass is 9.95. The van der Waals surface area contributed by atoms with E-state index in [1.54, 1.807) is 0 Å². The molecule has 1 aromatic carbocycles. The Labute approximate surface area is 127 Å². The zero-order valence-corrected chi connectivity index (χ0v) is 12.2. The van der Waals surface area contributed by atoms with Crippen LogP contribution in [0.5, 0.6) is 0 Å². The average Bonchev–Trinajstić information content (AvgIpc) is 3.10. The predicted octanol–water partition coefficient (Wildman–Crippen LogP) is 0.00520. The van der Waals surface area contributed by atoms with Crippen molar-refractivity contribution in [3.8, 4) is 0 Å².